The van der Waals surface area contributed by atoms with E-state index in [1.807, 2.05) is 0 Å². The van der Waals surface area contributed by atoms with E-state index in [0.29, 0.717) is 0 Å². The summed E-state index contributed by atoms with van der Waals surface area (Å²) in [5.74, 6) is -1.97. The molecule has 1 heterocycles. The normalized spacial score (nSPS) is 11.3. The van der Waals surface area contributed by atoms with Gasteiger partial charge in [0, 0.05) is 17.4 Å². The van der Waals surface area contributed by atoms with Gasteiger partial charge in [-0.25, -0.2) is 8.78 Å². The minimum atomic E-state index is -4.48. The van der Waals surface area contributed by atoms with Crippen LogP contribution in [0, 0.1) is 11.6 Å². The Labute approximate surface area is 143 Å². The molecule has 0 saturated heterocycles. The lowest BCUT2D eigenvalue weighted by Gasteiger charge is -2.10. The minimum absolute atomic E-state index is 0.0723. The van der Waals surface area contributed by atoms with Gasteiger partial charge in [0.05, 0.1) is 11.8 Å². The average molecular weight is 367 g/mol. The maximum atomic E-state index is 13.2. The first kappa shape index (κ1) is 17.5. The molecular formula is C16H10F5N5. The Kier molecular flexibility index (Phi) is 4.65. The molecule has 134 valence electrons. The van der Waals surface area contributed by atoms with Crippen LogP contribution in [-0.4, -0.2) is 15.2 Å². The number of hydrogen-bond donors (Lipinski definition) is 2. The molecule has 26 heavy (non-hydrogen) atoms. The van der Waals surface area contributed by atoms with Crippen LogP contribution in [0.4, 0.5) is 45.1 Å². The monoisotopic (exact) mass is 367 g/mol. The highest BCUT2D eigenvalue weighted by Gasteiger charge is 2.30. The van der Waals surface area contributed by atoms with Crippen LogP contribution >= 0.6 is 0 Å². The lowest BCUT2D eigenvalue weighted by Crippen LogP contribution is -2.06. The molecule has 0 spiro atoms. The van der Waals surface area contributed by atoms with E-state index in [-0.39, 0.29) is 23.1 Å². The molecule has 0 aliphatic carbocycles. The van der Waals surface area contributed by atoms with Crippen LogP contribution in [0.1, 0.15) is 5.56 Å². The zero-order chi connectivity index (χ0) is 18.7. The Morgan fingerprint density at radius 2 is 1.62 bits per heavy atom. The molecule has 0 fully saturated rings. The lowest BCUT2D eigenvalue weighted by molar-refractivity contribution is -0.137. The van der Waals surface area contributed by atoms with E-state index >= 15 is 0 Å². The Balaban J connectivity index is 1.78. The number of halogens is 5. The van der Waals surface area contributed by atoms with Crippen molar-refractivity contribution in [2.45, 2.75) is 6.18 Å². The molecule has 10 heteroatoms. The summed E-state index contributed by atoms with van der Waals surface area (Å²) in [6.07, 6.45) is -3.26. The summed E-state index contributed by atoms with van der Waals surface area (Å²) in [6, 6.07) is 7.64. The Hall–Kier alpha value is -3.30. The second kappa shape index (κ2) is 6.90. The molecule has 0 aliphatic rings. The van der Waals surface area contributed by atoms with Crippen LogP contribution in [-0.2, 0) is 6.18 Å². The van der Waals surface area contributed by atoms with Crippen molar-refractivity contribution < 1.29 is 22.0 Å². The van der Waals surface area contributed by atoms with Gasteiger partial charge < -0.3 is 10.6 Å². The highest BCUT2D eigenvalue weighted by atomic mass is 19.4. The Bertz CT molecular complexity index is 929. The first-order valence-electron chi connectivity index (χ1n) is 7.17. The molecule has 0 atom stereocenters. The van der Waals surface area contributed by atoms with Gasteiger partial charge in [-0.15, -0.1) is 5.10 Å². The predicted molar refractivity (Wildman–Crippen MR) is 84.2 cm³/mol. The molecule has 0 saturated carbocycles. The largest absolute Gasteiger partial charge is 0.416 e. The van der Waals surface area contributed by atoms with E-state index in [1.165, 1.54) is 24.4 Å². The van der Waals surface area contributed by atoms with E-state index < -0.39 is 23.4 Å². The van der Waals surface area contributed by atoms with Crippen LogP contribution in [0.3, 0.4) is 0 Å². The van der Waals surface area contributed by atoms with Gasteiger partial charge >= 0.3 is 6.18 Å². The van der Waals surface area contributed by atoms with Crippen LogP contribution in [0.2, 0.25) is 0 Å². The summed E-state index contributed by atoms with van der Waals surface area (Å²) in [6.45, 7) is 0. The van der Waals surface area contributed by atoms with E-state index in [9.17, 15) is 22.0 Å². The van der Waals surface area contributed by atoms with Gasteiger partial charge in [0.1, 0.15) is 0 Å². The van der Waals surface area contributed by atoms with E-state index in [4.69, 9.17) is 0 Å². The van der Waals surface area contributed by atoms with Crippen molar-refractivity contribution in [2.24, 2.45) is 0 Å². The summed E-state index contributed by atoms with van der Waals surface area (Å²) in [5, 5.41) is 12.6. The number of aromatic nitrogens is 3. The van der Waals surface area contributed by atoms with Gasteiger partial charge in [-0.3, -0.25) is 0 Å². The fraction of sp³-hybridized carbons (Fsp3) is 0.0625. The number of benzene rings is 2. The second-order valence-corrected chi connectivity index (χ2v) is 5.12. The lowest BCUT2D eigenvalue weighted by atomic mass is 10.2. The molecule has 0 bridgehead atoms. The number of alkyl halides is 3. The van der Waals surface area contributed by atoms with Crippen LogP contribution in [0.25, 0.3) is 0 Å². The molecule has 0 radical (unpaired) electrons. The zero-order valence-electron chi connectivity index (χ0n) is 12.9. The van der Waals surface area contributed by atoms with Crippen molar-refractivity contribution in [3.8, 4) is 0 Å². The minimum Gasteiger partial charge on any atom is -0.339 e. The van der Waals surface area contributed by atoms with Gasteiger partial charge in [0.2, 0.25) is 5.95 Å². The fourth-order valence-corrected chi connectivity index (χ4v) is 2.04. The molecule has 2 N–H and O–H groups in total. The van der Waals surface area contributed by atoms with Gasteiger partial charge in [0.25, 0.3) is 0 Å². The maximum absolute atomic E-state index is 13.2. The van der Waals surface area contributed by atoms with Crippen molar-refractivity contribution in [3.05, 3.63) is 65.9 Å². The standard InChI is InChI=1S/C16H10F5N5/c17-12-5-4-11(7-13(12)18)23-14-8-22-26-15(25-14)24-10-3-1-2-9(6-10)16(19,20)21/h1-8H,(H2,23,24,25,26). The first-order chi connectivity index (χ1) is 12.3. The van der Waals surface area contributed by atoms with Gasteiger partial charge in [-0.1, -0.05) is 6.07 Å². The van der Waals surface area contributed by atoms with Crippen LogP contribution in [0.5, 0.6) is 0 Å². The molecule has 2 aromatic carbocycles. The number of anilines is 4. The summed E-state index contributed by atoms with van der Waals surface area (Å²) < 4.78 is 64.4. The molecule has 5 nitrogen and oxygen atoms in total. The third kappa shape index (κ3) is 4.21. The van der Waals surface area contributed by atoms with E-state index in [2.05, 4.69) is 25.8 Å². The zero-order valence-corrected chi connectivity index (χ0v) is 12.9. The Morgan fingerprint density at radius 3 is 2.35 bits per heavy atom. The number of hydrogen-bond acceptors (Lipinski definition) is 5. The van der Waals surface area contributed by atoms with Crippen molar-refractivity contribution in [3.63, 3.8) is 0 Å². The van der Waals surface area contributed by atoms with Crippen molar-refractivity contribution >= 4 is 23.1 Å². The van der Waals surface area contributed by atoms with Crippen LogP contribution < -0.4 is 10.6 Å². The van der Waals surface area contributed by atoms with Gasteiger partial charge in [-0.2, -0.15) is 23.3 Å². The van der Waals surface area contributed by atoms with Gasteiger partial charge in [-0.05, 0) is 30.3 Å². The molecule has 1 aromatic heterocycles. The van der Waals surface area contributed by atoms with E-state index in [1.54, 1.807) is 0 Å². The first-order valence-corrected chi connectivity index (χ1v) is 7.17. The molecular weight excluding hydrogens is 357 g/mol. The van der Waals surface area contributed by atoms with Gasteiger partial charge in [0.15, 0.2) is 17.5 Å². The molecule has 3 rings (SSSR count). The highest BCUT2D eigenvalue weighted by molar-refractivity contribution is 5.59. The van der Waals surface area contributed by atoms with Crippen molar-refractivity contribution in [1.82, 2.24) is 15.2 Å². The quantitative estimate of drug-likeness (QED) is 0.657. The SMILES string of the molecule is Fc1ccc(Nc2cnnc(Nc3cccc(C(F)(F)F)c3)n2)cc1F. The molecule has 0 aliphatic heterocycles. The topological polar surface area (TPSA) is 62.7 Å². The van der Waals surface area contributed by atoms with Crippen molar-refractivity contribution in [2.75, 3.05) is 10.6 Å². The maximum Gasteiger partial charge on any atom is 0.416 e. The fourth-order valence-electron chi connectivity index (χ4n) is 2.04. The predicted octanol–water partition coefficient (Wildman–Crippen LogP) is 4.66. The number of nitrogens with one attached hydrogen (secondary N) is 2. The Morgan fingerprint density at radius 1 is 0.846 bits per heavy atom. The summed E-state index contributed by atoms with van der Waals surface area (Å²) in [7, 11) is 0. The molecule has 0 amide bonds. The van der Waals surface area contributed by atoms with Crippen LogP contribution in [0.15, 0.2) is 48.7 Å². The van der Waals surface area contributed by atoms with E-state index in [0.717, 1.165) is 24.3 Å². The third-order valence-corrected chi connectivity index (χ3v) is 3.20. The van der Waals surface area contributed by atoms with Crippen molar-refractivity contribution in [1.29, 1.82) is 0 Å². The third-order valence-electron chi connectivity index (χ3n) is 3.20. The second-order valence-electron chi connectivity index (χ2n) is 5.12. The molecule has 0 unspecified atom stereocenters. The summed E-state index contributed by atoms with van der Waals surface area (Å²) in [5.41, 5.74) is -0.493. The number of nitrogens with zero attached hydrogens (tertiary/aromatic N) is 3. The summed E-state index contributed by atoms with van der Waals surface area (Å²) in [4.78, 5) is 4.01. The summed E-state index contributed by atoms with van der Waals surface area (Å²) >= 11 is 0. The smallest absolute Gasteiger partial charge is 0.339 e. The highest BCUT2D eigenvalue weighted by Crippen LogP contribution is 2.31. The average Bonchev–Trinajstić information content (AvgIpc) is 2.58. The number of rotatable bonds is 4. The molecule has 3 aromatic rings.